The SMILES string of the molecule is C=CCNC(=O)CCN(C)CCc1ccncc1. The summed E-state index contributed by atoms with van der Waals surface area (Å²) in [5, 5.41) is 2.77. The van der Waals surface area contributed by atoms with Crippen molar-refractivity contribution in [1.82, 2.24) is 15.2 Å². The summed E-state index contributed by atoms with van der Waals surface area (Å²) >= 11 is 0. The number of hydrogen-bond donors (Lipinski definition) is 1. The van der Waals surface area contributed by atoms with E-state index in [1.54, 1.807) is 18.5 Å². The third kappa shape index (κ3) is 6.15. The number of nitrogens with zero attached hydrogens (tertiary/aromatic N) is 2. The van der Waals surface area contributed by atoms with Crippen molar-refractivity contribution in [3.05, 3.63) is 42.7 Å². The molecule has 0 saturated carbocycles. The molecule has 1 rings (SSSR count). The van der Waals surface area contributed by atoms with Crippen molar-refractivity contribution in [3.8, 4) is 0 Å². The topological polar surface area (TPSA) is 45.2 Å². The fourth-order valence-corrected chi connectivity index (χ4v) is 1.55. The lowest BCUT2D eigenvalue weighted by Gasteiger charge is -2.16. The summed E-state index contributed by atoms with van der Waals surface area (Å²) in [5.41, 5.74) is 1.27. The van der Waals surface area contributed by atoms with Gasteiger partial charge in [-0.1, -0.05) is 6.08 Å². The van der Waals surface area contributed by atoms with E-state index in [9.17, 15) is 4.79 Å². The molecule has 0 aliphatic rings. The Morgan fingerprint density at radius 3 is 2.83 bits per heavy atom. The molecule has 0 aliphatic heterocycles. The van der Waals surface area contributed by atoms with E-state index in [1.165, 1.54) is 5.56 Å². The van der Waals surface area contributed by atoms with Crippen LogP contribution in [-0.2, 0) is 11.2 Å². The number of hydrogen-bond acceptors (Lipinski definition) is 3. The summed E-state index contributed by atoms with van der Waals surface area (Å²) in [6, 6.07) is 4.04. The highest BCUT2D eigenvalue weighted by molar-refractivity contribution is 5.76. The molecule has 0 atom stereocenters. The third-order valence-corrected chi connectivity index (χ3v) is 2.70. The van der Waals surface area contributed by atoms with Crippen molar-refractivity contribution in [2.75, 3.05) is 26.7 Å². The highest BCUT2D eigenvalue weighted by atomic mass is 16.1. The van der Waals surface area contributed by atoms with Crippen LogP contribution in [0.2, 0.25) is 0 Å². The predicted molar refractivity (Wildman–Crippen MR) is 73.3 cm³/mol. The fraction of sp³-hybridized carbons (Fsp3) is 0.429. The third-order valence-electron chi connectivity index (χ3n) is 2.70. The van der Waals surface area contributed by atoms with E-state index in [1.807, 2.05) is 19.2 Å². The number of nitrogens with one attached hydrogen (secondary N) is 1. The first-order chi connectivity index (χ1) is 8.72. The summed E-state index contributed by atoms with van der Waals surface area (Å²) in [5.74, 6) is 0.0747. The van der Waals surface area contributed by atoms with Gasteiger partial charge >= 0.3 is 0 Å². The first-order valence-corrected chi connectivity index (χ1v) is 6.17. The van der Waals surface area contributed by atoms with Gasteiger partial charge in [-0.2, -0.15) is 0 Å². The fourth-order valence-electron chi connectivity index (χ4n) is 1.55. The van der Waals surface area contributed by atoms with Crippen LogP contribution in [0.3, 0.4) is 0 Å². The summed E-state index contributed by atoms with van der Waals surface area (Å²) in [6.45, 7) is 5.82. The highest BCUT2D eigenvalue weighted by Crippen LogP contribution is 1.99. The Hall–Kier alpha value is -1.68. The standard InChI is InChI=1S/C14H21N3O/c1-3-8-16-14(18)7-12-17(2)11-6-13-4-9-15-10-5-13/h3-5,9-10H,1,6-8,11-12H2,2H3,(H,16,18). The molecule has 0 fully saturated rings. The Morgan fingerprint density at radius 1 is 1.44 bits per heavy atom. The van der Waals surface area contributed by atoms with Gasteiger partial charge in [0, 0.05) is 38.4 Å². The molecule has 1 aromatic heterocycles. The summed E-state index contributed by atoms with van der Waals surface area (Å²) in [7, 11) is 2.03. The molecule has 0 spiro atoms. The molecule has 1 N–H and O–H groups in total. The summed E-state index contributed by atoms with van der Waals surface area (Å²) in [6.07, 6.45) is 6.80. The van der Waals surface area contributed by atoms with E-state index in [2.05, 4.69) is 21.8 Å². The predicted octanol–water partition coefficient (Wildman–Crippen LogP) is 1.25. The molecule has 0 radical (unpaired) electrons. The maximum Gasteiger partial charge on any atom is 0.221 e. The van der Waals surface area contributed by atoms with Gasteiger partial charge in [0.05, 0.1) is 0 Å². The van der Waals surface area contributed by atoms with E-state index < -0.39 is 0 Å². The molecular weight excluding hydrogens is 226 g/mol. The number of pyridine rings is 1. The molecule has 0 unspecified atom stereocenters. The average Bonchev–Trinajstić information content (AvgIpc) is 2.41. The van der Waals surface area contributed by atoms with Crippen LogP contribution < -0.4 is 5.32 Å². The Labute approximate surface area is 109 Å². The van der Waals surface area contributed by atoms with Crippen molar-refractivity contribution < 1.29 is 4.79 Å². The molecule has 0 aliphatic carbocycles. The van der Waals surface area contributed by atoms with Crippen LogP contribution in [0.1, 0.15) is 12.0 Å². The van der Waals surface area contributed by atoms with Gasteiger partial charge in [-0.3, -0.25) is 9.78 Å². The van der Waals surface area contributed by atoms with Gasteiger partial charge in [-0.25, -0.2) is 0 Å². The number of carbonyl (C=O) groups excluding carboxylic acids is 1. The smallest absolute Gasteiger partial charge is 0.221 e. The maximum atomic E-state index is 11.4. The number of rotatable bonds is 8. The zero-order chi connectivity index (χ0) is 13.2. The molecule has 18 heavy (non-hydrogen) atoms. The monoisotopic (exact) mass is 247 g/mol. The van der Waals surface area contributed by atoms with E-state index in [4.69, 9.17) is 0 Å². The normalized spacial score (nSPS) is 10.3. The van der Waals surface area contributed by atoms with Gasteiger partial charge in [-0.05, 0) is 31.2 Å². The second kappa shape index (κ2) is 8.42. The van der Waals surface area contributed by atoms with Crippen molar-refractivity contribution in [1.29, 1.82) is 0 Å². The average molecular weight is 247 g/mol. The minimum absolute atomic E-state index is 0.0747. The van der Waals surface area contributed by atoms with Crippen LogP contribution in [0, 0.1) is 0 Å². The quantitative estimate of drug-likeness (QED) is 0.703. The molecule has 0 aromatic carbocycles. The lowest BCUT2D eigenvalue weighted by molar-refractivity contribution is -0.121. The number of likely N-dealkylation sites (N-methyl/N-ethyl adjacent to an activating group) is 1. The van der Waals surface area contributed by atoms with E-state index in [0.29, 0.717) is 13.0 Å². The summed E-state index contributed by atoms with van der Waals surface area (Å²) < 4.78 is 0. The second-order valence-corrected chi connectivity index (χ2v) is 4.25. The number of aromatic nitrogens is 1. The lowest BCUT2D eigenvalue weighted by atomic mass is 10.2. The van der Waals surface area contributed by atoms with Crippen molar-refractivity contribution >= 4 is 5.91 Å². The van der Waals surface area contributed by atoms with Gasteiger partial charge in [0.25, 0.3) is 0 Å². The second-order valence-electron chi connectivity index (χ2n) is 4.25. The zero-order valence-electron chi connectivity index (χ0n) is 10.9. The van der Waals surface area contributed by atoms with Crippen LogP contribution in [0.25, 0.3) is 0 Å². The van der Waals surface area contributed by atoms with Crippen LogP contribution in [0.15, 0.2) is 37.2 Å². The number of carbonyl (C=O) groups is 1. The Balaban J connectivity index is 2.16. The minimum atomic E-state index is 0.0747. The Bertz CT molecular complexity index is 365. The van der Waals surface area contributed by atoms with Gasteiger partial charge in [-0.15, -0.1) is 6.58 Å². The number of amides is 1. The van der Waals surface area contributed by atoms with Crippen molar-refractivity contribution in [3.63, 3.8) is 0 Å². The molecular formula is C14H21N3O. The Morgan fingerprint density at radius 2 is 2.17 bits per heavy atom. The van der Waals surface area contributed by atoms with E-state index in [0.717, 1.165) is 19.5 Å². The molecule has 0 bridgehead atoms. The molecule has 4 nitrogen and oxygen atoms in total. The van der Waals surface area contributed by atoms with Crippen molar-refractivity contribution in [2.45, 2.75) is 12.8 Å². The zero-order valence-corrected chi connectivity index (χ0v) is 10.9. The maximum absolute atomic E-state index is 11.4. The van der Waals surface area contributed by atoms with E-state index in [-0.39, 0.29) is 5.91 Å². The Kier molecular flexibility index (Phi) is 6.72. The molecule has 1 amide bonds. The molecule has 1 aromatic rings. The molecule has 1 heterocycles. The van der Waals surface area contributed by atoms with Crippen molar-refractivity contribution in [2.24, 2.45) is 0 Å². The lowest BCUT2D eigenvalue weighted by Crippen LogP contribution is -2.29. The van der Waals surface area contributed by atoms with Crippen LogP contribution in [0.4, 0.5) is 0 Å². The van der Waals surface area contributed by atoms with Gasteiger partial charge < -0.3 is 10.2 Å². The van der Waals surface area contributed by atoms with Gasteiger partial charge in [0.2, 0.25) is 5.91 Å². The first kappa shape index (κ1) is 14.4. The van der Waals surface area contributed by atoms with Crippen LogP contribution in [-0.4, -0.2) is 42.5 Å². The van der Waals surface area contributed by atoms with Crippen LogP contribution in [0.5, 0.6) is 0 Å². The van der Waals surface area contributed by atoms with E-state index >= 15 is 0 Å². The largest absolute Gasteiger partial charge is 0.353 e. The first-order valence-electron chi connectivity index (χ1n) is 6.17. The van der Waals surface area contributed by atoms with Crippen LogP contribution >= 0.6 is 0 Å². The molecule has 98 valence electrons. The van der Waals surface area contributed by atoms with Gasteiger partial charge in [0.15, 0.2) is 0 Å². The molecule has 0 saturated heterocycles. The highest BCUT2D eigenvalue weighted by Gasteiger charge is 2.03. The minimum Gasteiger partial charge on any atom is -0.353 e. The summed E-state index contributed by atoms with van der Waals surface area (Å²) in [4.78, 5) is 17.5. The van der Waals surface area contributed by atoms with Gasteiger partial charge in [0.1, 0.15) is 0 Å². The molecule has 4 heteroatoms.